The van der Waals surface area contributed by atoms with Gasteiger partial charge in [0, 0.05) is 26.2 Å². The largest absolute Gasteiger partial charge is 0.494 e. The van der Waals surface area contributed by atoms with Crippen molar-refractivity contribution >= 4 is 0 Å². The van der Waals surface area contributed by atoms with Crippen LogP contribution >= 0.6 is 0 Å². The SMILES string of the molecule is CCCCCCOCCCOc1ccc(CN)cc1. The molecule has 0 fully saturated rings. The first-order valence-corrected chi connectivity index (χ1v) is 7.36. The van der Waals surface area contributed by atoms with E-state index in [0.717, 1.165) is 30.9 Å². The van der Waals surface area contributed by atoms with Crippen LogP contribution in [0.2, 0.25) is 0 Å². The molecule has 0 unspecified atom stereocenters. The average molecular weight is 265 g/mol. The smallest absolute Gasteiger partial charge is 0.119 e. The van der Waals surface area contributed by atoms with Crippen molar-refractivity contribution in [2.75, 3.05) is 19.8 Å². The summed E-state index contributed by atoms with van der Waals surface area (Å²) in [5.74, 6) is 0.903. The van der Waals surface area contributed by atoms with Gasteiger partial charge < -0.3 is 15.2 Å². The summed E-state index contributed by atoms with van der Waals surface area (Å²) in [7, 11) is 0. The third kappa shape index (κ3) is 7.85. The minimum absolute atomic E-state index is 0.576. The zero-order valence-electron chi connectivity index (χ0n) is 12.1. The molecule has 3 nitrogen and oxygen atoms in total. The standard InChI is InChI=1S/C16H27NO2/c1-2-3-4-5-11-18-12-6-13-19-16-9-7-15(14-17)8-10-16/h7-10H,2-6,11-14,17H2,1H3. The van der Waals surface area contributed by atoms with Crippen LogP contribution in [0.3, 0.4) is 0 Å². The molecule has 0 spiro atoms. The minimum Gasteiger partial charge on any atom is -0.494 e. The van der Waals surface area contributed by atoms with E-state index in [1.54, 1.807) is 0 Å². The Kier molecular flexibility index (Phi) is 9.11. The second-order valence-electron chi connectivity index (χ2n) is 4.72. The van der Waals surface area contributed by atoms with Gasteiger partial charge in [0.2, 0.25) is 0 Å². The van der Waals surface area contributed by atoms with Crippen molar-refractivity contribution in [3.05, 3.63) is 29.8 Å². The van der Waals surface area contributed by atoms with E-state index in [-0.39, 0.29) is 0 Å². The van der Waals surface area contributed by atoms with E-state index < -0.39 is 0 Å². The van der Waals surface area contributed by atoms with E-state index in [1.165, 1.54) is 25.7 Å². The van der Waals surface area contributed by atoms with E-state index in [9.17, 15) is 0 Å². The molecular formula is C16H27NO2. The van der Waals surface area contributed by atoms with Crippen LogP contribution in [-0.4, -0.2) is 19.8 Å². The number of unbranched alkanes of at least 4 members (excludes halogenated alkanes) is 3. The molecule has 0 atom stereocenters. The summed E-state index contributed by atoms with van der Waals surface area (Å²) in [5, 5.41) is 0. The number of ether oxygens (including phenoxy) is 2. The van der Waals surface area contributed by atoms with E-state index in [0.29, 0.717) is 13.2 Å². The van der Waals surface area contributed by atoms with E-state index in [1.807, 2.05) is 24.3 Å². The Morgan fingerprint density at radius 2 is 1.63 bits per heavy atom. The van der Waals surface area contributed by atoms with Gasteiger partial charge in [0.25, 0.3) is 0 Å². The molecular weight excluding hydrogens is 238 g/mol. The molecule has 1 aromatic carbocycles. The van der Waals surface area contributed by atoms with Crippen LogP contribution in [0.5, 0.6) is 5.75 Å². The monoisotopic (exact) mass is 265 g/mol. The molecule has 0 amide bonds. The number of hydrogen-bond acceptors (Lipinski definition) is 3. The third-order valence-electron chi connectivity index (χ3n) is 3.00. The van der Waals surface area contributed by atoms with E-state index in [4.69, 9.17) is 15.2 Å². The molecule has 0 heterocycles. The molecule has 1 rings (SSSR count). The highest BCUT2D eigenvalue weighted by atomic mass is 16.5. The quantitative estimate of drug-likeness (QED) is 0.623. The van der Waals surface area contributed by atoms with Gasteiger partial charge in [-0.15, -0.1) is 0 Å². The first kappa shape index (κ1) is 16.0. The number of nitrogens with two attached hydrogens (primary N) is 1. The lowest BCUT2D eigenvalue weighted by atomic mass is 10.2. The van der Waals surface area contributed by atoms with Crippen LogP contribution in [0.25, 0.3) is 0 Å². The van der Waals surface area contributed by atoms with Crippen LogP contribution in [0.15, 0.2) is 24.3 Å². The number of rotatable bonds is 11. The predicted octanol–water partition coefficient (Wildman–Crippen LogP) is 3.51. The topological polar surface area (TPSA) is 44.5 Å². The lowest BCUT2D eigenvalue weighted by molar-refractivity contribution is 0.116. The van der Waals surface area contributed by atoms with Crippen molar-refractivity contribution in [3.8, 4) is 5.75 Å². The van der Waals surface area contributed by atoms with Crippen molar-refractivity contribution in [3.63, 3.8) is 0 Å². The fourth-order valence-corrected chi connectivity index (χ4v) is 1.81. The lowest BCUT2D eigenvalue weighted by Crippen LogP contribution is -2.04. The first-order chi connectivity index (χ1) is 9.36. The van der Waals surface area contributed by atoms with E-state index in [2.05, 4.69) is 6.92 Å². The molecule has 0 aliphatic heterocycles. The van der Waals surface area contributed by atoms with Crippen LogP contribution in [0, 0.1) is 0 Å². The zero-order valence-corrected chi connectivity index (χ0v) is 12.1. The molecule has 108 valence electrons. The predicted molar refractivity (Wildman–Crippen MR) is 79.4 cm³/mol. The molecule has 0 aliphatic carbocycles. The Bertz CT molecular complexity index is 311. The van der Waals surface area contributed by atoms with Crippen molar-refractivity contribution in [2.45, 2.75) is 45.6 Å². The second kappa shape index (κ2) is 10.8. The van der Waals surface area contributed by atoms with Gasteiger partial charge in [-0.2, -0.15) is 0 Å². The van der Waals surface area contributed by atoms with Crippen molar-refractivity contribution in [2.24, 2.45) is 5.73 Å². The summed E-state index contributed by atoms with van der Waals surface area (Å²) >= 11 is 0. The van der Waals surface area contributed by atoms with Crippen LogP contribution in [0.1, 0.15) is 44.6 Å². The molecule has 19 heavy (non-hydrogen) atoms. The molecule has 0 bridgehead atoms. The van der Waals surface area contributed by atoms with Crippen molar-refractivity contribution in [1.82, 2.24) is 0 Å². The van der Waals surface area contributed by atoms with Gasteiger partial charge >= 0.3 is 0 Å². The molecule has 0 saturated carbocycles. The van der Waals surface area contributed by atoms with Gasteiger partial charge in [0.1, 0.15) is 5.75 Å². The Balaban J connectivity index is 1.95. The summed E-state index contributed by atoms with van der Waals surface area (Å²) in [5.41, 5.74) is 6.67. The van der Waals surface area contributed by atoms with Crippen molar-refractivity contribution < 1.29 is 9.47 Å². The molecule has 0 aliphatic rings. The molecule has 3 heteroatoms. The fraction of sp³-hybridized carbons (Fsp3) is 0.625. The maximum absolute atomic E-state index is 5.63. The highest BCUT2D eigenvalue weighted by Gasteiger charge is 1.95. The average Bonchev–Trinajstić information content (AvgIpc) is 2.46. The van der Waals surface area contributed by atoms with Crippen LogP contribution in [-0.2, 0) is 11.3 Å². The zero-order chi connectivity index (χ0) is 13.8. The summed E-state index contributed by atoms with van der Waals surface area (Å²) in [4.78, 5) is 0. The van der Waals surface area contributed by atoms with Crippen LogP contribution in [0.4, 0.5) is 0 Å². The summed E-state index contributed by atoms with van der Waals surface area (Å²) in [6, 6.07) is 7.93. The Morgan fingerprint density at radius 3 is 2.32 bits per heavy atom. The molecule has 0 aromatic heterocycles. The van der Waals surface area contributed by atoms with Gasteiger partial charge in [0.05, 0.1) is 6.61 Å². The highest BCUT2D eigenvalue weighted by Crippen LogP contribution is 2.11. The van der Waals surface area contributed by atoms with Gasteiger partial charge in [0.15, 0.2) is 0 Å². The summed E-state index contributed by atoms with van der Waals surface area (Å²) < 4.78 is 11.2. The molecule has 0 radical (unpaired) electrons. The Labute approximate surface area is 117 Å². The van der Waals surface area contributed by atoms with Gasteiger partial charge in [-0.05, 0) is 24.1 Å². The molecule has 1 aromatic rings. The summed E-state index contributed by atoms with van der Waals surface area (Å²) in [6.07, 6.45) is 5.98. The summed E-state index contributed by atoms with van der Waals surface area (Å²) in [6.45, 7) is 5.17. The maximum Gasteiger partial charge on any atom is 0.119 e. The Hall–Kier alpha value is -1.06. The van der Waals surface area contributed by atoms with Gasteiger partial charge in [-0.1, -0.05) is 38.3 Å². The lowest BCUT2D eigenvalue weighted by Gasteiger charge is -2.07. The van der Waals surface area contributed by atoms with Crippen LogP contribution < -0.4 is 10.5 Å². The van der Waals surface area contributed by atoms with Gasteiger partial charge in [-0.3, -0.25) is 0 Å². The maximum atomic E-state index is 5.63. The first-order valence-electron chi connectivity index (χ1n) is 7.36. The number of hydrogen-bond donors (Lipinski definition) is 1. The second-order valence-corrected chi connectivity index (χ2v) is 4.72. The highest BCUT2D eigenvalue weighted by molar-refractivity contribution is 5.26. The Morgan fingerprint density at radius 1 is 0.895 bits per heavy atom. The third-order valence-corrected chi connectivity index (χ3v) is 3.00. The van der Waals surface area contributed by atoms with Crippen molar-refractivity contribution in [1.29, 1.82) is 0 Å². The van der Waals surface area contributed by atoms with Gasteiger partial charge in [-0.25, -0.2) is 0 Å². The normalized spacial score (nSPS) is 10.6. The molecule has 0 saturated heterocycles. The minimum atomic E-state index is 0.576. The fourth-order valence-electron chi connectivity index (χ4n) is 1.81. The number of benzene rings is 1. The van der Waals surface area contributed by atoms with E-state index >= 15 is 0 Å². The molecule has 2 N–H and O–H groups in total.